The van der Waals surface area contributed by atoms with Crippen LogP contribution in [0.2, 0.25) is 0 Å². The number of benzene rings is 3. The highest BCUT2D eigenvalue weighted by Crippen LogP contribution is 2.35. The summed E-state index contributed by atoms with van der Waals surface area (Å²) in [6, 6.07) is 30.4. The van der Waals surface area contributed by atoms with E-state index in [-0.39, 0.29) is 5.92 Å². The third-order valence-electron chi connectivity index (χ3n) is 7.02. The highest BCUT2D eigenvalue weighted by Gasteiger charge is 2.44. The summed E-state index contributed by atoms with van der Waals surface area (Å²) in [4.78, 5) is 15.1. The first-order valence-corrected chi connectivity index (χ1v) is 13.9. The number of anilines is 1. The second-order valence-corrected chi connectivity index (χ2v) is 10.6. The summed E-state index contributed by atoms with van der Waals surface area (Å²) in [6.07, 6.45) is -2.84. The molecule has 1 fully saturated rings. The molecule has 0 aliphatic carbocycles. The molecule has 10 heteroatoms. The minimum Gasteiger partial charge on any atom is -0.394 e. The molecule has 4 N–H and O–H groups in total. The van der Waals surface area contributed by atoms with Gasteiger partial charge in [0.15, 0.2) is 28.4 Å². The molecular weight excluding hydrogens is 526 g/mol. The van der Waals surface area contributed by atoms with Gasteiger partial charge in [-0.1, -0.05) is 78.9 Å². The molecule has 40 heavy (non-hydrogen) atoms. The Morgan fingerprint density at radius 2 is 1.48 bits per heavy atom. The number of ether oxygens (including phenoxy) is 1. The maximum absolute atomic E-state index is 10.7. The number of nitrogens with zero attached hydrogens (tertiary/aromatic N) is 4. The van der Waals surface area contributed by atoms with Crippen LogP contribution >= 0.6 is 11.8 Å². The van der Waals surface area contributed by atoms with E-state index in [0.717, 1.165) is 4.90 Å². The predicted molar refractivity (Wildman–Crippen MR) is 152 cm³/mol. The van der Waals surface area contributed by atoms with E-state index >= 15 is 0 Å². The maximum Gasteiger partial charge on any atom is 0.196 e. The fraction of sp³-hybridized carbons (Fsp3) is 0.233. The highest BCUT2D eigenvalue weighted by molar-refractivity contribution is 7.99. The Labute approximate surface area is 235 Å². The molecule has 4 atom stereocenters. The van der Waals surface area contributed by atoms with Crippen LogP contribution in [0.1, 0.15) is 23.3 Å². The van der Waals surface area contributed by atoms with E-state index < -0.39 is 31.1 Å². The topological polar surface area (TPSA) is 126 Å². The number of imidazole rings is 1. The van der Waals surface area contributed by atoms with E-state index in [0.29, 0.717) is 28.7 Å². The van der Waals surface area contributed by atoms with Crippen molar-refractivity contribution in [1.29, 1.82) is 0 Å². The Bertz CT molecular complexity index is 1520. The number of aliphatic hydroxyl groups excluding tert-OH is 3. The Balaban J connectivity index is 1.38. The molecule has 2 aromatic heterocycles. The molecule has 0 spiro atoms. The monoisotopic (exact) mass is 555 g/mol. The fourth-order valence-corrected chi connectivity index (χ4v) is 5.73. The number of fused-ring (bicyclic) bond motifs is 1. The van der Waals surface area contributed by atoms with Crippen LogP contribution < -0.4 is 5.32 Å². The lowest BCUT2D eigenvalue weighted by molar-refractivity contribution is -0.0511. The van der Waals surface area contributed by atoms with Crippen molar-refractivity contribution in [2.24, 2.45) is 0 Å². The van der Waals surface area contributed by atoms with E-state index in [1.54, 1.807) is 4.57 Å². The van der Waals surface area contributed by atoms with Crippen molar-refractivity contribution in [3.05, 3.63) is 108 Å². The molecular formula is C30H29N5O4S. The molecule has 1 aliphatic rings. The van der Waals surface area contributed by atoms with Gasteiger partial charge in [0.2, 0.25) is 0 Å². The van der Waals surface area contributed by atoms with Crippen molar-refractivity contribution in [3.63, 3.8) is 0 Å². The van der Waals surface area contributed by atoms with Crippen molar-refractivity contribution < 1.29 is 20.1 Å². The fourth-order valence-electron chi connectivity index (χ4n) is 4.95. The van der Waals surface area contributed by atoms with Crippen LogP contribution in [0.15, 0.2) is 107 Å². The lowest BCUT2D eigenvalue weighted by atomic mass is 9.91. The number of nitrogens with one attached hydrogen (secondary N) is 1. The molecule has 0 radical (unpaired) electrons. The lowest BCUT2D eigenvalue weighted by Crippen LogP contribution is -2.33. The minimum atomic E-state index is -1.26. The van der Waals surface area contributed by atoms with Gasteiger partial charge in [-0.2, -0.15) is 0 Å². The van der Waals surface area contributed by atoms with Gasteiger partial charge < -0.3 is 25.4 Å². The number of hydrogen-bond donors (Lipinski definition) is 4. The first-order valence-electron chi connectivity index (χ1n) is 13.1. The molecule has 1 saturated heterocycles. The summed E-state index contributed by atoms with van der Waals surface area (Å²) >= 11 is 1.41. The molecule has 3 heterocycles. The summed E-state index contributed by atoms with van der Waals surface area (Å²) in [5.41, 5.74) is 3.29. The smallest absolute Gasteiger partial charge is 0.196 e. The van der Waals surface area contributed by atoms with Gasteiger partial charge in [-0.25, -0.2) is 15.0 Å². The van der Waals surface area contributed by atoms with E-state index in [1.165, 1.54) is 29.2 Å². The van der Waals surface area contributed by atoms with Gasteiger partial charge in [0.05, 0.1) is 12.9 Å². The van der Waals surface area contributed by atoms with Gasteiger partial charge in [0.25, 0.3) is 0 Å². The van der Waals surface area contributed by atoms with Crippen LogP contribution in [0.5, 0.6) is 0 Å². The van der Waals surface area contributed by atoms with E-state index in [4.69, 9.17) is 14.7 Å². The first-order chi connectivity index (χ1) is 19.6. The third kappa shape index (κ3) is 5.32. The average Bonchev–Trinajstić information content (AvgIpc) is 3.54. The Morgan fingerprint density at radius 1 is 0.850 bits per heavy atom. The van der Waals surface area contributed by atoms with E-state index in [2.05, 4.69) is 34.6 Å². The molecule has 0 saturated carbocycles. The van der Waals surface area contributed by atoms with Crippen LogP contribution in [-0.4, -0.2) is 66.3 Å². The zero-order chi connectivity index (χ0) is 27.5. The summed E-state index contributed by atoms with van der Waals surface area (Å²) in [5, 5.41) is 34.6. The maximum atomic E-state index is 10.7. The predicted octanol–water partition coefficient (Wildman–Crippen LogP) is 3.83. The van der Waals surface area contributed by atoms with Gasteiger partial charge in [-0.3, -0.25) is 4.57 Å². The zero-order valence-electron chi connectivity index (χ0n) is 21.5. The van der Waals surface area contributed by atoms with E-state index in [9.17, 15) is 15.3 Å². The number of rotatable bonds is 9. The summed E-state index contributed by atoms with van der Waals surface area (Å²) in [5.74, 6) is 0.603. The van der Waals surface area contributed by atoms with Gasteiger partial charge in [0, 0.05) is 17.4 Å². The lowest BCUT2D eigenvalue weighted by Gasteiger charge is -2.20. The van der Waals surface area contributed by atoms with Crippen molar-refractivity contribution in [2.45, 2.75) is 40.5 Å². The number of aromatic nitrogens is 4. The molecule has 204 valence electrons. The largest absolute Gasteiger partial charge is 0.394 e. The number of hydrogen-bond acceptors (Lipinski definition) is 9. The van der Waals surface area contributed by atoms with Crippen LogP contribution in [0.4, 0.5) is 5.82 Å². The van der Waals surface area contributed by atoms with Crippen molar-refractivity contribution >= 4 is 28.7 Å². The van der Waals surface area contributed by atoms with Crippen LogP contribution in [0.25, 0.3) is 11.2 Å². The highest BCUT2D eigenvalue weighted by atomic mass is 32.2. The van der Waals surface area contributed by atoms with Crippen molar-refractivity contribution in [1.82, 2.24) is 19.5 Å². The normalized spacial score (nSPS) is 20.8. The average molecular weight is 556 g/mol. The first kappa shape index (κ1) is 26.4. The molecule has 4 unspecified atom stereocenters. The Hall–Kier alpha value is -3.80. The molecule has 5 aromatic rings. The van der Waals surface area contributed by atoms with E-state index in [1.807, 2.05) is 66.7 Å². The van der Waals surface area contributed by atoms with Gasteiger partial charge in [-0.15, -0.1) is 0 Å². The third-order valence-corrected chi connectivity index (χ3v) is 7.90. The van der Waals surface area contributed by atoms with Crippen molar-refractivity contribution in [2.75, 3.05) is 18.5 Å². The molecule has 9 nitrogen and oxygen atoms in total. The molecule has 0 bridgehead atoms. The minimum absolute atomic E-state index is 0.0557. The van der Waals surface area contributed by atoms with Crippen LogP contribution in [-0.2, 0) is 4.74 Å². The van der Waals surface area contributed by atoms with Gasteiger partial charge in [-0.05, 0) is 35.0 Å². The summed E-state index contributed by atoms with van der Waals surface area (Å²) in [7, 11) is 0. The van der Waals surface area contributed by atoms with Crippen molar-refractivity contribution in [3.8, 4) is 0 Å². The second kappa shape index (κ2) is 11.7. The molecule has 1 aliphatic heterocycles. The van der Waals surface area contributed by atoms with Gasteiger partial charge in [0.1, 0.15) is 18.3 Å². The quantitative estimate of drug-likeness (QED) is 0.201. The SMILES string of the molecule is OCC1OC(n2cnc3c(NCC(c4ccccc4)c4ccccc4)nc(Sc4ccccc4)nc32)C(O)C1O. The van der Waals surface area contributed by atoms with Crippen LogP contribution in [0.3, 0.4) is 0 Å². The zero-order valence-corrected chi connectivity index (χ0v) is 22.3. The number of aliphatic hydroxyl groups is 3. The van der Waals surface area contributed by atoms with Crippen LogP contribution in [0, 0.1) is 0 Å². The Kier molecular flexibility index (Phi) is 7.76. The van der Waals surface area contributed by atoms with Gasteiger partial charge >= 0.3 is 0 Å². The molecule has 6 rings (SSSR count). The summed E-state index contributed by atoms with van der Waals surface area (Å²) < 4.78 is 7.37. The summed E-state index contributed by atoms with van der Waals surface area (Å²) in [6.45, 7) is 0.134. The molecule has 3 aromatic carbocycles. The standard InChI is InChI=1S/C30H29N5O4S/c36-17-23-25(37)26(38)29(39-23)35-18-32-24-27(33-30(34-28(24)35)40-21-14-8-3-9-15-21)31-16-22(19-10-4-1-5-11-19)20-12-6-2-7-13-20/h1-15,18,22-23,25-26,29,36-38H,16-17H2,(H,31,33,34). The second-order valence-electron chi connectivity index (χ2n) is 9.58. The Morgan fingerprint density at radius 3 is 2.08 bits per heavy atom. The molecule has 0 amide bonds.